The van der Waals surface area contributed by atoms with Crippen molar-refractivity contribution in [3.05, 3.63) is 54.1 Å². The maximum Gasteiger partial charge on any atom is 0.249 e. The zero-order chi connectivity index (χ0) is 22.2. The molecule has 2 saturated heterocycles. The Morgan fingerprint density at radius 1 is 1.10 bits per heavy atom. The summed E-state index contributed by atoms with van der Waals surface area (Å²) in [4.78, 5) is 28.1. The van der Waals surface area contributed by atoms with E-state index in [9.17, 15) is 14.7 Å². The number of hydrogen-bond donors (Lipinski definition) is 1. The van der Waals surface area contributed by atoms with Crippen molar-refractivity contribution in [3.63, 3.8) is 0 Å². The van der Waals surface area contributed by atoms with Crippen molar-refractivity contribution in [2.24, 2.45) is 0 Å². The lowest BCUT2D eigenvalue weighted by Gasteiger charge is -2.70. The van der Waals surface area contributed by atoms with Gasteiger partial charge in [-0.3, -0.25) is 9.59 Å². The lowest BCUT2D eigenvalue weighted by Crippen LogP contribution is -2.86. The molecular weight excluding hydrogens is 396 g/mol. The molecule has 2 heterocycles. The lowest BCUT2D eigenvalue weighted by atomic mass is 9.60. The third kappa shape index (κ3) is 3.38. The van der Waals surface area contributed by atoms with Gasteiger partial charge in [-0.25, -0.2) is 0 Å². The minimum atomic E-state index is -0.499. The summed E-state index contributed by atoms with van der Waals surface area (Å²) in [6.45, 7) is 2.28. The Hall–Kier alpha value is -2.90. The minimum Gasteiger partial charge on any atom is -0.496 e. The Bertz CT molecular complexity index is 968. The van der Waals surface area contributed by atoms with Crippen LogP contribution >= 0.6 is 0 Å². The molecule has 164 valence electrons. The van der Waals surface area contributed by atoms with Crippen molar-refractivity contribution in [2.45, 2.75) is 24.4 Å². The quantitative estimate of drug-likeness (QED) is 0.766. The number of ether oxygens (including phenoxy) is 2. The summed E-state index contributed by atoms with van der Waals surface area (Å²) in [5.41, 5.74) is 2.58. The van der Waals surface area contributed by atoms with Crippen LogP contribution in [0.2, 0.25) is 0 Å². The van der Waals surface area contributed by atoms with Crippen molar-refractivity contribution in [2.75, 3.05) is 40.5 Å². The van der Waals surface area contributed by atoms with Crippen molar-refractivity contribution in [1.29, 1.82) is 0 Å². The van der Waals surface area contributed by atoms with Gasteiger partial charge in [-0.05, 0) is 17.2 Å². The maximum atomic E-state index is 12.7. The van der Waals surface area contributed by atoms with E-state index in [1.807, 2.05) is 48.5 Å². The lowest BCUT2D eigenvalue weighted by molar-refractivity contribution is -0.204. The molecule has 2 fully saturated rings. The van der Waals surface area contributed by atoms with Gasteiger partial charge in [-0.1, -0.05) is 42.5 Å². The second-order valence-corrected chi connectivity index (χ2v) is 8.23. The van der Waals surface area contributed by atoms with E-state index in [1.165, 1.54) is 14.0 Å². The van der Waals surface area contributed by atoms with Gasteiger partial charge >= 0.3 is 0 Å². The highest BCUT2D eigenvalue weighted by Gasteiger charge is 2.67. The molecule has 4 rings (SSSR count). The van der Waals surface area contributed by atoms with E-state index in [1.54, 1.807) is 16.9 Å². The first kappa shape index (κ1) is 21.3. The van der Waals surface area contributed by atoms with Gasteiger partial charge < -0.3 is 24.4 Å². The van der Waals surface area contributed by atoms with Crippen molar-refractivity contribution >= 4 is 11.8 Å². The number of benzene rings is 2. The zero-order valence-electron chi connectivity index (χ0n) is 18.1. The standard InChI is InChI=1S/C24H28N2O5/c1-16(28)25-14-24(15-25)23(20(12-27)26(24)22(29)13-30-2)18-10-8-17(9-11-18)19-6-4-5-7-21(19)31-3/h4-11,20,23,27H,12-15H2,1-3H3/t20-,23-/m1/s1. The molecule has 2 atom stereocenters. The highest BCUT2D eigenvalue weighted by atomic mass is 16.5. The van der Waals surface area contributed by atoms with E-state index in [0.717, 1.165) is 22.4 Å². The van der Waals surface area contributed by atoms with Crippen molar-refractivity contribution in [3.8, 4) is 16.9 Å². The van der Waals surface area contributed by atoms with Gasteiger partial charge in [0.15, 0.2) is 0 Å². The molecule has 7 heteroatoms. The number of nitrogens with zero attached hydrogens (tertiary/aromatic N) is 2. The van der Waals surface area contributed by atoms with E-state index in [4.69, 9.17) is 9.47 Å². The summed E-state index contributed by atoms with van der Waals surface area (Å²) in [6, 6.07) is 15.7. The number of aliphatic hydroxyl groups excluding tert-OH is 1. The Morgan fingerprint density at radius 2 is 1.77 bits per heavy atom. The van der Waals surface area contributed by atoms with Gasteiger partial charge in [0.1, 0.15) is 12.4 Å². The summed E-state index contributed by atoms with van der Waals surface area (Å²) in [7, 11) is 3.13. The van der Waals surface area contributed by atoms with Crippen LogP contribution in [0.4, 0.5) is 0 Å². The Labute approximate surface area is 182 Å². The Morgan fingerprint density at radius 3 is 2.35 bits per heavy atom. The average molecular weight is 424 g/mol. The fraction of sp³-hybridized carbons (Fsp3) is 0.417. The molecular formula is C24H28N2O5. The average Bonchev–Trinajstić information content (AvgIpc) is 2.72. The molecule has 1 spiro atoms. The molecule has 0 unspecified atom stereocenters. The SMILES string of the molecule is COCC(=O)N1[C@H](CO)[C@@H](c2ccc(-c3ccccc3OC)cc2)C12CN(C(C)=O)C2. The summed E-state index contributed by atoms with van der Waals surface area (Å²) in [6.07, 6.45) is 0. The van der Waals surface area contributed by atoms with Crippen molar-refractivity contribution in [1.82, 2.24) is 9.80 Å². The van der Waals surface area contributed by atoms with E-state index < -0.39 is 5.54 Å². The fourth-order valence-corrected chi connectivity index (χ4v) is 5.19. The first-order chi connectivity index (χ1) is 15.0. The second kappa shape index (κ2) is 8.32. The predicted octanol–water partition coefficient (Wildman–Crippen LogP) is 1.90. The number of carbonyl (C=O) groups is 2. The highest BCUT2D eigenvalue weighted by Crippen LogP contribution is 2.54. The Kier molecular flexibility index (Phi) is 5.73. The molecule has 1 N–H and O–H groups in total. The smallest absolute Gasteiger partial charge is 0.249 e. The molecule has 2 aliphatic rings. The van der Waals surface area contributed by atoms with E-state index >= 15 is 0 Å². The molecule has 2 aromatic carbocycles. The molecule has 31 heavy (non-hydrogen) atoms. The van der Waals surface area contributed by atoms with Crippen LogP contribution in [-0.2, 0) is 14.3 Å². The molecule has 2 aromatic rings. The predicted molar refractivity (Wildman–Crippen MR) is 116 cm³/mol. The van der Waals surface area contributed by atoms with Gasteiger partial charge in [-0.15, -0.1) is 0 Å². The van der Waals surface area contributed by atoms with Crippen LogP contribution in [0.5, 0.6) is 5.75 Å². The Balaban J connectivity index is 1.65. The number of likely N-dealkylation sites (tertiary alicyclic amines) is 2. The molecule has 0 bridgehead atoms. The molecule has 2 amide bonds. The number of methoxy groups -OCH3 is 2. The van der Waals surface area contributed by atoms with Crippen LogP contribution in [0.1, 0.15) is 18.4 Å². The topological polar surface area (TPSA) is 79.3 Å². The third-order valence-electron chi connectivity index (χ3n) is 6.56. The number of hydrogen-bond acceptors (Lipinski definition) is 5. The number of rotatable bonds is 6. The van der Waals surface area contributed by atoms with Crippen molar-refractivity contribution < 1.29 is 24.2 Å². The summed E-state index contributed by atoms with van der Waals surface area (Å²) in [5, 5.41) is 10.1. The number of carbonyl (C=O) groups excluding carboxylic acids is 2. The monoisotopic (exact) mass is 424 g/mol. The summed E-state index contributed by atoms with van der Waals surface area (Å²) < 4.78 is 10.5. The molecule has 7 nitrogen and oxygen atoms in total. The maximum absolute atomic E-state index is 12.7. The van der Waals surface area contributed by atoms with E-state index in [0.29, 0.717) is 13.1 Å². The molecule has 0 aromatic heterocycles. The number of para-hydroxylation sites is 1. The highest BCUT2D eigenvalue weighted by molar-refractivity contribution is 5.83. The van der Waals surface area contributed by atoms with Gasteiger partial charge in [-0.2, -0.15) is 0 Å². The molecule has 2 aliphatic heterocycles. The first-order valence-electron chi connectivity index (χ1n) is 10.4. The van der Waals surface area contributed by atoms with Gasteiger partial charge in [0.2, 0.25) is 11.8 Å². The summed E-state index contributed by atoms with van der Waals surface area (Å²) in [5.74, 6) is 0.575. The molecule has 0 saturated carbocycles. The van der Waals surface area contributed by atoms with E-state index in [2.05, 4.69) is 0 Å². The van der Waals surface area contributed by atoms with Crippen LogP contribution < -0.4 is 4.74 Å². The third-order valence-corrected chi connectivity index (χ3v) is 6.56. The van der Waals surface area contributed by atoms with Gasteiger partial charge in [0.05, 0.1) is 25.3 Å². The molecule has 0 aliphatic carbocycles. The van der Waals surface area contributed by atoms with Gasteiger partial charge in [0.25, 0.3) is 0 Å². The van der Waals surface area contributed by atoms with E-state index in [-0.39, 0.29) is 37.0 Å². The largest absolute Gasteiger partial charge is 0.496 e. The zero-order valence-corrected chi connectivity index (χ0v) is 18.1. The normalized spacial score (nSPS) is 21.4. The van der Waals surface area contributed by atoms with Crippen LogP contribution in [0.25, 0.3) is 11.1 Å². The first-order valence-corrected chi connectivity index (χ1v) is 10.4. The number of amides is 2. The molecule has 0 radical (unpaired) electrons. The fourth-order valence-electron chi connectivity index (χ4n) is 5.19. The van der Waals surface area contributed by atoms with Crippen LogP contribution in [0.15, 0.2) is 48.5 Å². The summed E-state index contributed by atoms with van der Waals surface area (Å²) >= 11 is 0. The van der Waals surface area contributed by atoms with Crippen LogP contribution in [0.3, 0.4) is 0 Å². The number of aliphatic hydroxyl groups is 1. The second-order valence-electron chi connectivity index (χ2n) is 8.23. The van der Waals surface area contributed by atoms with Crippen LogP contribution in [0, 0.1) is 0 Å². The minimum absolute atomic E-state index is 0.0116. The van der Waals surface area contributed by atoms with Crippen LogP contribution in [-0.4, -0.2) is 78.8 Å². The van der Waals surface area contributed by atoms with Gasteiger partial charge in [0, 0.05) is 38.6 Å².